The Bertz CT molecular complexity index is 417. The Kier molecular flexibility index (Phi) is 3.46. The third-order valence-corrected chi connectivity index (χ3v) is 4.06. The highest BCUT2D eigenvalue weighted by molar-refractivity contribution is 5.07. The molecule has 1 heterocycles. The Morgan fingerprint density at radius 2 is 2.47 bits per heavy atom. The molecule has 4 nitrogen and oxygen atoms in total. The van der Waals surface area contributed by atoms with E-state index in [0.29, 0.717) is 5.92 Å². The molecule has 1 aliphatic rings. The number of hydrogen-bond donors (Lipinski definition) is 0. The molecule has 1 aliphatic carbocycles. The van der Waals surface area contributed by atoms with Gasteiger partial charge in [-0.1, -0.05) is 26.2 Å². The van der Waals surface area contributed by atoms with Crippen molar-refractivity contribution in [1.82, 2.24) is 14.8 Å². The van der Waals surface area contributed by atoms with E-state index in [9.17, 15) is 5.26 Å². The number of hydrogen-bond acceptors (Lipinski definition) is 3. The first kappa shape index (κ1) is 12.1. The molecule has 17 heavy (non-hydrogen) atoms. The topological polar surface area (TPSA) is 54.5 Å². The zero-order valence-corrected chi connectivity index (χ0v) is 10.7. The van der Waals surface area contributed by atoms with Crippen molar-refractivity contribution in [1.29, 1.82) is 5.26 Å². The number of nitriles is 1. The van der Waals surface area contributed by atoms with Gasteiger partial charge in [-0.2, -0.15) is 10.4 Å². The third-order valence-electron chi connectivity index (χ3n) is 4.06. The minimum absolute atomic E-state index is 0.209. The molecule has 2 unspecified atom stereocenters. The van der Waals surface area contributed by atoms with Gasteiger partial charge in [0.05, 0.1) is 11.5 Å². The second-order valence-electron chi connectivity index (χ2n) is 5.24. The van der Waals surface area contributed by atoms with Crippen molar-refractivity contribution >= 4 is 0 Å². The Balaban J connectivity index is 2.15. The molecular weight excluding hydrogens is 212 g/mol. The Morgan fingerprint density at radius 3 is 3.06 bits per heavy atom. The first-order valence-electron chi connectivity index (χ1n) is 6.43. The van der Waals surface area contributed by atoms with E-state index >= 15 is 0 Å². The van der Waals surface area contributed by atoms with Gasteiger partial charge in [0.2, 0.25) is 0 Å². The molecule has 1 aromatic rings. The lowest BCUT2D eigenvalue weighted by molar-refractivity contribution is 0.190. The van der Waals surface area contributed by atoms with Crippen LogP contribution in [0, 0.1) is 22.7 Å². The van der Waals surface area contributed by atoms with Crippen molar-refractivity contribution in [2.24, 2.45) is 18.4 Å². The summed E-state index contributed by atoms with van der Waals surface area (Å²) in [5, 5.41) is 13.6. The van der Waals surface area contributed by atoms with Crippen LogP contribution in [0.15, 0.2) is 6.33 Å². The maximum atomic E-state index is 9.54. The normalized spacial score (nSPS) is 28.9. The van der Waals surface area contributed by atoms with Crippen LogP contribution in [-0.4, -0.2) is 14.8 Å². The molecule has 4 heteroatoms. The number of nitrogens with zero attached hydrogens (tertiary/aromatic N) is 4. The largest absolute Gasteiger partial charge is 0.253 e. The average molecular weight is 232 g/mol. The van der Waals surface area contributed by atoms with Crippen LogP contribution in [0.5, 0.6) is 0 Å². The predicted octanol–water partition coefficient (Wildman–Crippen LogP) is 2.47. The van der Waals surface area contributed by atoms with Crippen molar-refractivity contribution in [2.75, 3.05) is 0 Å². The molecule has 0 aliphatic heterocycles. The number of rotatable bonds is 3. The molecule has 92 valence electrons. The summed E-state index contributed by atoms with van der Waals surface area (Å²) in [6.07, 6.45) is 7.97. The lowest BCUT2D eigenvalue weighted by Crippen LogP contribution is -2.30. The van der Waals surface area contributed by atoms with Crippen LogP contribution in [-0.2, 0) is 13.5 Å². The monoisotopic (exact) mass is 232 g/mol. The van der Waals surface area contributed by atoms with Crippen LogP contribution in [0.4, 0.5) is 0 Å². The van der Waals surface area contributed by atoms with Crippen molar-refractivity contribution < 1.29 is 0 Å². The van der Waals surface area contributed by atoms with Crippen LogP contribution in [0.3, 0.4) is 0 Å². The van der Waals surface area contributed by atoms with Gasteiger partial charge in [0.25, 0.3) is 0 Å². The standard InChI is InChI=1S/C13H20N4/c1-3-11-5-4-6-13(7-11,9-14)8-12-15-10-16-17(12)2/h10-11H,3-8H2,1-2H3. The highest BCUT2D eigenvalue weighted by Crippen LogP contribution is 2.42. The zero-order chi connectivity index (χ0) is 12.3. The first-order chi connectivity index (χ1) is 8.19. The minimum Gasteiger partial charge on any atom is -0.253 e. The van der Waals surface area contributed by atoms with Gasteiger partial charge in [0, 0.05) is 13.5 Å². The SMILES string of the molecule is CCC1CCCC(C#N)(Cc2ncnn2C)C1. The molecule has 2 atom stereocenters. The van der Waals surface area contributed by atoms with Gasteiger partial charge >= 0.3 is 0 Å². The highest BCUT2D eigenvalue weighted by Gasteiger charge is 2.37. The summed E-state index contributed by atoms with van der Waals surface area (Å²) in [4.78, 5) is 4.25. The summed E-state index contributed by atoms with van der Waals surface area (Å²) < 4.78 is 1.79. The molecule has 0 aromatic carbocycles. The zero-order valence-electron chi connectivity index (χ0n) is 10.7. The smallest absolute Gasteiger partial charge is 0.138 e. The fraction of sp³-hybridized carbons (Fsp3) is 0.769. The summed E-state index contributed by atoms with van der Waals surface area (Å²) in [7, 11) is 1.90. The van der Waals surface area contributed by atoms with E-state index < -0.39 is 0 Å². The van der Waals surface area contributed by atoms with Gasteiger partial charge in [-0.05, 0) is 18.8 Å². The van der Waals surface area contributed by atoms with E-state index in [0.717, 1.165) is 25.1 Å². The maximum Gasteiger partial charge on any atom is 0.138 e. The van der Waals surface area contributed by atoms with Gasteiger partial charge < -0.3 is 0 Å². The second-order valence-corrected chi connectivity index (χ2v) is 5.24. The lowest BCUT2D eigenvalue weighted by Gasteiger charge is -2.35. The molecule has 0 bridgehead atoms. The van der Waals surface area contributed by atoms with Crippen molar-refractivity contribution in [3.63, 3.8) is 0 Å². The van der Waals surface area contributed by atoms with E-state index in [1.165, 1.54) is 19.3 Å². The molecule has 0 spiro atoms. The summed E-state index contributed by atoms with van der Waals surface area (Å²) >= 11 is 0. The van der Waals surface area contributed by atoms with Crippen molar-refractivity contribution in [2.45, 2.75) is 45.4 Å². The van der Waals surface area contributed by atoms with Gasteiger partial charge in [-0.3, -0.25) is 4.68 Å². The van der Waals surface area contributed by atoms with E-state index in [1.54, 1.807) is 11.0 Å². The Morgan fingerprint density at radius 1 is 1.65 bits per heavy atom. The predicted molar refractivity (Wildman–Crippen MR) is 65.0 cm³/mol. The third kappa shape index (κ3) is 2.49. The molecule has 0 amide bonds. The molecular formula is C13H20N4. The van der Waals surface area contributed by atoms with E-state index in [1.807, 2.05) is 7.05 Å². The maximum absolute atomic E-state index is 9.54. The fourth-order valence-corrected chi connectivity index (χ4v) is 2.92. The fourth-order valence-electron chi connectivity index (χ4n) is 2.92. The Labute approximate surface area is 103 Å². The van der Waals surface area contributed by atoms with Crippen LogP contribution < -0.4 is 0 Å². The van der Waals surface area contributed by atoms with Crippen molar-refractivity contribution in [3.05, 3.63) is 12.2 Å². The van der Waals surface area contributed by atoms with E-state index in [2.05, 4.69) is 23.1 Å². The molecule has 1 fully saturated rings. The average Bonchev–Trinajstić information content (AvgIpc) is 2.75. The number of aromatic nitrogens is 3. The quantitative estimate of drug-likeness (QED) is 0.804. The first-order valence-corrected chi connectivity index (χ1v) is 6.43. The van der Waals surface area contributed by atoms with Crippen LogP contribution in [0.25, 0.3) is 0 Å². The molecule has 0 saturated heterocycles. The number of aryl methyl sites for hydroxylation is 1. The summed E-state index contributed by atoms with van der Waals surface area (Å²) in [6, 6.07) is 2.57. The van der Waals surface area contributed by atoms with Gasteiger partial charge in [0.15, 0.2) is 0 Å². The van der Waals surface area contributed by atoms with E-state index in [4.69, 9.17) is 0 Å². The molecule has 1 aromatic heterocycles. The molecule has 2 rings (SSSR count). The van der Waals surface area contributed by atoms with Crippen LogP contribution in [0.2, 0.25) is 0 Å². The van der Waals surface area contributed by atoms with Crippen LogP contribution >= 0.6 is 0 Å². The summed E-state index contributed by atoms with van der Waals surface area (Å²) in [6.45, 7) is 2.22. The summed E-state index contributed by atoms with van der Waals surface area (Å²) in [5.41, 5.74) is -0.209. The molecule has 0 N–H and O–H groups in total. The highest BCUT2D eigenvalue weighted by atomic mass is 15.3. The Hall–Kier alpha value is -1.37. The lowest BCUT2D eigenvalue weighted by atomic mass is 9.68. The minimum atomic E-state index is -0.209. The van der Waals surface area contributed by atoms with Gasteiger partial charge in [-0.25, -0.2) is 4.98 Å². The van der Waals surface area contributed by atoms with Crippen molar-refractivity contribution in [3.8, 4) is 6.07 Å². The van der Waals surface area contributed by atoms with E-state index in [-0.39, 0.29) is 5.41 Å². The van der Waals surface area contributed by atoms with Crippen LogP contribution in [0.1, 0.15) is 44.9 Å². The van der Waals surface area contributed by atoms with Gasteiger partial charge in [0.1, 0.15) is 12.2 Å². The second kappa shape index (κ2) is 4.87. The molecule has 0 radical (unpaired) electrons. The summed E-state index contributed by atoms with van der Waals surface area (Å²) in [5.74, 6) is 1.64. The van der Waals surface area contributed by atoms with Gasteiger partial charge in [-0.15, -0.1) is 0 Å². The molecule has 1 saturated carbocycles.